The Hall–Kier alpha value is -3.41. The fourth-order valence-corrected chi connectivity index (χ4v) is 2.59. The van der Waals surface area contributed by atoms with E-state index in [2.05, 4.69) is 10.3 Å². The van der Waals surface area contributed by atoms with Crippen LogP contribution in [0.3, 0.4) is 0 Å². The van der Waals surface area contributed by atoms with E-state index in [1.54, 1.807) is 31.2 Å². The average Bonchev–Trinajstić information content (AvgIpc) is 2.68. The standard InChI is InChI=1S/C20H18N2O4/c1-3-26-20(24)16-12-21-17-7-5-4-6-15(17)18(16)22-14-10-8-13(9-11-14)19(23)25-2/h4-12H,3H2,1-2H3,(H,21,22). The number of hydrogen-bond acceptors (Lipinski definition) is 6. The number of rotatable bonds is 5. The maximum atomic E-state index is 12.3. The average molecular weight is 350 g/mol. The first-order chi connectivity index (χ1) is 12.6. The van der Waals surface area contributed by atoms with E-state index in [0.29, 0.717) is 16.8 Å². The minimum atomic E-state index is -0.445. The number of benzene rings is 2. The summed E-state index contributed by atoms with van der Waals surface area (Å²) in [4.78, 5) is 28.2. The Morgan fingerprint density at radius 2 is 1.77 bits per heavy atom. The molecule has 0 aliphatic carbocycles. The van der Waals surface area contributed by atoms with E-state index >= 15 is 0 Å². The minimum Gasteiger partial charge on any atom is -0.465 e. The van der Waals surface area contributed by atoms with Gasteiger partial charge in [-0.3, -0.25) is 4.98 Å². The van der Waals surface area contributed by atoms with Gasteiger partial charge in [0.1, 0.15) is 5.56 Å². The van der Waals surface area contributed by atoms with Crippen molar-refractivity contribution < 1.29 is 19.1 Å². The highest BCUT2D eigenvalue weighted by atomic mass is 16.5. The van der Waals surface area contributed by atoms with Crippen molar-refractivity contribution in [1.82, 2.24) is 4.98 Å². The number of nitrogens with one attached hydrogen (secondary N) is 1. The van der Waals surface area contributed by atoms with Gasteiger partial charge in [-0.05, 0) is 37.3 Å². The number of pyridine rings is 1. The van der Waals surface area contributed by atoms with Gasteiger partial charge in [0.25, 0.3) is 0 Å². The fourth-order valence-electron chi connectivity index (χ4n) is 2.59. The molecule has 0 unspecified atom stereocenters. The number of nitrogens with zero attached hydrogens (tertiary/aromatic N) is 1. The molecule has 0 radical (unpaired) electrons. The first-order valence-electron chi connectivity index (χ1n) is 8.14. The Kier molecular flexibility index (Phi) is 5.12. The molecule has 3 rings (SSSR count). The van der Waals surface area contributed by atoms with E-state index in [1.165, 1.54) is 13.3 Å². The summed E-state index contributed by atoms with van der Waals surface area (Å²) >= 11 is 0. The topological polar surface area (TPSA) is 77.5 Å². The number of carbonyl (C=O) groups is 2. The third kappa shape index (κ3) is 3.49. The van der Waals surface area contributed by atoms with Gasteiger partial charge < -0.3 is 14.8 Å². The molecule has 1 N–H and O–H groups in total. The molecule has 2 aromatic carbocycles. The van der Waals surface area contributed by atoms with Gasteiger partial charge in [-0.2, -0.15) is 0 Å². The van der Waals surface area contributed by atoms with Gasteiger partial charge in [-0.1, -0.05) is 18.2 Å². The number of anilines is 2. The molecule has 0 fully saturated rings. The molecule has 1 aromatic heterocycles. The fraction of sp³-hybridized carbons (Fsp3) is 0.150. The quantitative estimate of drug-likeness (QED) is 0.702. The minimum absolute atomic E-state index is 0.277. The van der Waals surface area contributed by atoms with Crippen molar-refractivity contribution in [3.05, 3.63) is 65.9 Å². The number of fused-ring (bicyclic) bond motifs is 1. The molecular weight excluding hydrogens is 332 g/mol. The van der Waals surface area contributed by atoms with Crippen LogP contribution in [0.2, 0.25) is 0 Å². The van der Waals surface area contributed by atoms with Crippen LogP contribution in [0.15, 0.2) is 54.7 Å². The van der Waals surface area contributed by atoms with E-state index in [4.69, 9.17) is 9.47 Å². The molecule has 3 aromatic rings. The van der Waals surface area contributed by atoms with Crippen LogP contribution in [-0.2, 0) is 9.47 Å². The van der Waals surface area contributed by atoms with Crippen molar-refractivity contribution in [2.24, 2.45) is 0 Å². The lowest BCUT2D eigenvalue weighted by Gasteiger charge is -2.14. The maximum absolute atomic E-state index is 12.3. The van der Waals surface area contributed by atoms with Crippen LogP contribution in [-0.4, -0.2) is 30.6 Å². The van der Waals surface area contributed by atoms with Crippen LogP contribution in [0, 0.1) is 0 Å². The number of carbonyl (C=O) groups excluding carboxylic acids is 2. The number of aromatic nitrogens is 1. The van der Waals surface area contributed by atoms with Crippen molar-refractivity contribution >= 4 is 34.2 Å². The van der Waals surface area contributed by atoms with Gasteiger partial charge >= 0.3 is 11.9 Å². The van der Waals surface area contributed by atoms with Crippen LogP contribution >= 0.6 is 0 Å². The van der Waals surface area contributed by atoms with Gasteiger partial charge in [0.05, 0.1) is 30.5 Å². The van der Waals surface area contributed by atoms with Crippen molar-refractivity contribution in [3.63, 3.8) is 0 Å². The normalized spacial score (nSPS) is 10.4. The summed E-state index contributed by atoms with van der Waals surface area (Å²) in [6, 6.07) is 14.3. The molecule has 0 aliphatic rings. The van der Waals surface area contributed by atoms with E-state index in [-0.39, 0.29) is 6.61 Å². The zero-order valence-electron chi connectivity index (χ0n) is 14.5. The Labute approximate surface area is 150 Å². The molecular formula is C20H18N2O4. The summed E-state index contributed by atoms with van der Waals surface area (Å²) in [5, 5.41) is 4.05. The van der Waals surface area contributed by atoms with E-state index in [1.807, 2.05) is 24.3 Å². The highest BCUT2D eigenvalue weighted by Crippen LogP contribution is 2.29. The predicted molar refractivity (Wildman–Crippen MR) is 98.8 cm³/mol. The Balaban J connectivity index is 2.03. The van der Waals surface area contributed by atoms with Crippen molar-refractivity contribution in [3.8, 4) is 0 Å². The first kappa shape index (κ1) is 17.4. The zero-order chi connectivity index (χ0) is 18.5. The second-order valence-corrected chi connectivity index (χ2v) is 5.48. The van der Waals surface area contributed by atoms with Crippen LogP contribution in [0.1, 0.15) is 27.6 Å². The molecule has 0 amide bonds. The summed E-state index contributed by atoms with van der Waals surface area (Å²) in [5.41, 5.74) is 2.89. The van der Waals surface area contributed by atoms with Crippen molar-refractivity contribution in [2.45, 2.75) is 6.92 Å². The highest BCUT2D eigenvalue weighted by Gasteiger charge is 2.17. The zero-order valence-corrected chi connectivity index (χ0v) is 14.5. The predicted octanol–water partition coefficient (Wildman–Crippen LogP) is 3.94. The monoisotopic (exact) mass is 350 g/mol. The number of hydrogen-bond donors (Lipinski definition) is 1. The summed E-state index contributed by atoms with van der Waals surface area (Å²) in [6.45, 7) is 2.03. The van der Waals surface area contributed by atoms with Gasteiger partial charge in [-0.25, -0.2) is 9.59 Å². The van der Waals surface area contributed by atoms with Gasteiger partial charge in [0.2, 0.25) is 0 Å². The van der Waals surface area contributed by atoms with Gasteiger partial charge in [0, 0.05) is 17.3 Å². The first-order valence-corrected chi connectivity index (χ1v) is 8.14. The van der Waals surface area contributed by atoms with Crippen molar-refractivity contribution in [2.75, 3.05) is 19.0 Å². The van der Waals surface area contributed by atoms with Crippen molar-refractivity contribution in [1.29, 1.82) is 0 Å². The lowest BCUT2D eigenvalue weighted by Crippen LogP contribution is -2.09. The molecule has 6 nitrogen and oxygen atoms in total. The largest absolute Gasteiger partial charge is 0.465 e. The third-order valence-electron chi connectivity index (χ3n) is 3.85. The lowest BCUT2D eigenvalue weighted by molar-refractivity contribution is 0.0526. The smallest absolute Gasteiger partial charge is 0.341 e. The SMILES string of the molecule is CCOC(=O)c1cnc2ccccc2c1Nc1ccc(C(=O)OC)cc1. The van der Waals surface area contributed by atoms with E-state index in [9.17, 15) is 9.59 Å². The van der Waals surface area contributed by atoms with Gasteiger partial charge in [0.15, 0.2) is 0 Å². The second kappa shape index (κ2) is 7.65. The molecule has 0 bridgehead atoms. The maximum Gasteiger partial charge on any atom is 0.341 e. The summed E-state index contributed by atoms with van der Waals surface area (Å²) in [7, 11) is 1.34. The Morgan fingerprint density at radius 1 is 1.04 bits per heavy atom. The number of methoxy groups -OCH3 is 1. The number of para-hydroxylation sites is 1. The van der Waals surface area contributed by atoms with E-state index in [0.717, 1.165) is 16.6 Å². The molecule has 0 atom stereocenters. The van der Waals surface area contributed by atoms with Crippen LogP contribution in [0.4, 0.5) is 11.4 Å². The molecule has 6 heteroatoms. The van der Waals surface area contributed by atoms with Crippen LogP contribution < -0.4 is 5.32 Å². The number of esters is 2. The van der Waals surface area contributed by atoms with E-state index < -0.39 is 11.9 Å². The van der Waals surface area contributed by atoms with Crippen LogP contribution in [0.5, 0.6) is 0 Å². The molecule has 0 saturated heterocycles. The number of ether oxygens (including phenoxy) is 2. The third-order valence-corrected chi connectivity index (χ3v) is 3.85. The Morgan fingerprint density at radius 3 is 2.46 bits per heavy atom. The van der Waals surface area contributed by atoms with Gasteiger partial charge in [-0.15, -0.1) is 0 Å². The Bertz CT molecular complexity index is 952. The molecule has 0 spiro atoms. The molecule has 132 valence electrons. The molecule has 0 aliphatic heterocycles. The lowest BCUT2D eigenvalue weighted by atomic mass is 10.1. The highest BCUT2D eigenvalue weighted by molar-refractivity contribution is 6.06. The summed E-state index contributed by atoms with van der Waals surface area (Å²) in [6.07, 6.45) is 1.51. The molecule has 1 heterocycles. The molecule has 0 saturated carbocycles. The van der Waals surface area contributed by atoms with Crippen LogP contribution in [0.25, 0.3) is 10.9 Å². The molecule has 26 heavy (non-hydrogen) atoms. The summed E-state index contributed by atoms with van der Waals surface area (Å²) in [5.74, 6) is -0.849. The summed E-state index contributed by atoms with van der Waals surface area (Å²) < 4.78 is 9.84. The second-order valence-electron chi connectivity index (χ2n) is 5.48.